The summed E-state index contributed by atoms with van der Waals surface area (Å²) in [5, 5.41) is 11.1. The molecule has 2 aromatic heterocycles. The van der Waals surface area contributed by atoms with Gasteiger partial charge in [0.1, 0.15) is 6.54 Å². The number of rotatable bonds is 5. The van der Waals surface area contributed by atoms with Crippen molar-refractivity contribution in [3.8, 4) is 0 Å². The van der Waals surface area contributed by atoms with E-state index in [0.717, 1.165) is 28.2 Å². The number of hydrogen-bond donors (Lipinski definition) is 1. The van der Waals surface area contributed by atoms with Gasteiger partial charge in [0, 0.05) is 11.2 Å². The summed E-state index contributed by atoms with van der Waals surface area (Å²) < 4.78 is 40.5. The van der Waals surface area contributed by atoms with E-state index in [9.17, 15) is 18.0 Å². The fourth-order valence-corrected chi connectivity index (χ4v) is 2.98. The topological polar surface area (TPSA) is 64.7 Å². The number of halogens is 4. The highest BCUT2D eigenvalue weighted by Gasteiger charge is 2.33. The Morgan fingerprint density at radius 1 is 1.21 bits per heavy atom. The van der Waals surface area contributed by atoms with Crippen molar-refractivity contribution in [3.05, 3.63) is 64.2 Å². The standard InChI is InChI=1S/C18H17ClF3N5O/c1-11-17(12(2)27(24-11)9-13-4-3-5-14(19)8-13)23-16(28)10-26-7-6-15(25-26)18(20,21)22/h3-8H,9-10H2,1-2H3,(H,23,28). The van der Waals surface area contributed by atoms with Crippen LogP contribution >= 0.6 is 11.6 Å². The molecule has 0 saturated heterocycles. The molecule has 1 aromatic carbocycles. The number of amides is 1. The molecule has 0 radical (unpaired) electrons. The third-order valence-corrected chi connectivity index (χ3v) is 4.34. The number of nitrogens with one attached hydrogen (secondary N) is 1. The number of aryl methyl sites for hydroxylation is 1. The number of anilines is 1. The van der Waals surface area contributed by atoms with Gasteiger partial charge in [0.15, 0.2) is 5.69 Å². The first kappa shape index (κ1) is 19.9. The van der Waals surface area contributed by atoms with E-state index in [2.05, 4.69) is 15.5 Å². The Hall–Kier alpha value is -2.81. The van der Waals surface area contributed by atoms with Crippen LogP contribution in [0.3, 0.4) is 0 Å². The largest absolute Gasteiger partial charge is 0.435 e. The molecular weight excluding hydrogens is 395 g/mol. The monoisotopic (exact) mass is 411 g/mol. The molecule has 10 heteroatoms. The molecule has 0 bridgehead atoms. The maximum atomic E-state index is 12.6. The minimum atomic E-state index is -4.55. The average molecular weight is 412 g/mol. The van der Waals surface area contributed by atoms with Crippen molar-refractivity contribution < 1.29 is 18.0 Å². The molecule has 0 fully saturated rings. The van der Waals surface area contributed by atoms with E-state index in [1.54, 1.807) is 24.6 Å². The van der Waals surface area contributed by atoms with Gasteiger partial charge in [-0.25, -0.2) is 0 Å². The lowest BCUT2D eigenvalue weighted by atomic mass is 10.2. The van der Waals surface area contributed by atoms with Crippen molar-refractivity contribution in [1.29, 1.82) is 0 Å². The molecule has 0 atom stereocenters. The molecule has 0 aliphatic carbocycles. The van der Waals surface area contributed by atoms with Crippen molar-refractivity contribution in [2.24, 2.45) is 0 Å². The zero-order valence-corrected chi connectivity index (χ0v) is 15.8. The zero-order valence-electron chi connectivity index (χ0n) is 15.1. The molecule has 0 aliphatic rings. The van der Waals surface area contributed by atoms with Gasteiger partial charge >= 0.3 is 6.18 Å². The molecule has 3 aromatic rings. The molecule has 0 spiro atoms. The Kier molecular flexibility index (Phi) is 5.46. The number of aromatic nitrogens is 4. The quantitative estimate of drug-likeness (QED) is 0.688. The number of hydrogen-bond acceptors (Lipinski definition) is 3. The maximum Gasteiger partial charge on any atom is 0.435 e. The van der Waals surface area contributed by atoms with E-state index in [-0.39, 0.29) is 6.54 Å². The van der Waals surface area contributed by atoms with Crippen molar-refractivity contribution >= 4 is 23.2 Å². The molecule has 0 saturated carbocycles. The molecule has 2 heterocycles. The van der Waals surface area contributed by atoms with Crippen LogP contribution in [0.1, 0.15) is 22.6 Å². The minimum absolute atomic E-state index is 0.339. The van der Waals surface area contributed by atoms with E-state index in [1.165, 1.54) is 0 Å². The molecule has 0 aliphatic heterocycles. The first-order valence-corrected chi connectivity index (χ1v) is 8.70. The van der Waals surface area contributed by atoms with Gasteiger partial charge in [-0.15, -0.1) is 0 Å². The Morgan fingerprint density at radius 2 is 1.96 bits per heavy atom. The summed E-state index contributed by atoms with van der Waals surface area (Å²) in [5.74, 6) is -0.495. The Morgan fingerprint density at radius 3 is 2.61 bits per heavy atom. The fraction of sp³-hybridized carbons (Fsp3) is 0.278. The second kappa shape index (κ2) is 7.67. The summed E-state index contributed by atoms with van der Waals surface area (Å²) in [6.07, 6.45) is -3.43. The van der Waals surface area contributed by atoms with Gasteiger partial charge in [-0.3, -0.25) is 14.2 Å². The Balaban J connectivity index is 1.71. The van der Waals surface area contributed by atoms with E-state index in [0.29, 0.717) is 22.9 Å². The Bertz CT molecular complexity index is 1010. The molecule has 0 unspecified atom stereocenters. The lowest BCUT2D eigenvalue weighted by Gasteiger charge is -2.08. The normalized spacial score (nSPS) is 11.6. The third kappa shape index (κ3) is 4.53. The summed E-state index contributed by atoms with van der Waals surface area (Å²) in [6, 6.07) is 8.18. The van der Waals surface area contributed by atoms with Crippen LogP contribution in [0.25, 0.3) is 0 Å². The van der Waals surface area contributed by atoms with Crippen LogP contribution in [-0.4, -0.2) is 25.5 Å². The highest BCUT2D eigenvalue weighted by molar-refractivity contribution is 6.30. The van der Waals surface area contributed by atoms with E-state index in [1.807, 2.05) is 18.2 Å². The van der Waals surface area contributed by atoms with E-state index < -0.39 is 17.8 Å². The average Bonchev–Trinajstić information content (AvgIpc) is 3.16. The number of alkyl halides is 3. The van der Waals surface area contributed by atoms with Crippen molar-refractivity contribution in [3.63, 3.8) is 0 Å². The van der Waals surface area contributed by atoms with Crippen LogP contribution in [0.4, 0.5) is 18.9 Å². The van der Waals surface area contributed by atoms with Crippen molar-refractivity contribution in [2.75, 3.05) is 5.32 Å². The molecule has 1 amide bonds. The van der Waals surface area contributed by atoms with Gasteiger partial charge in [0.25, 0.3) is 0 Å². The lowest BCUT2D eigenvalue weighted by molar-refractivity contribution is -0.141. The fourth-order valence-electron chi connectivity index (χ4n) is 2.77. The van der Waals surface area contributed by atoms with Gasteiger partial charge in [-0.2, -0.15) is 23.4 Å². The Labute approximate surface area is 163 Å². The van der Waals surface area contributed by atoms with Crippen LogP contribution in [0.5, 0.6) is 0 Å². The van der Waals surface area contributed by atoms with Gasteiger partial charge in [0.05, 0.1) is 23.6 Å². The highest BCUT2D eigenvalue weighted by atomic mass is 35.5. The van der Waals surface area contributed by atoms with Crippen LogP contribution in [0.2, 0.25) is 5.02 Å². The van der Waals surface area contributed by atoms with E-state index >= 15 is 0 Å². The number of carbonyl (C=O) groups is 1. The second-order valence-corrected chi connectivity index (χ2v) is 6.71. The van der Waals surface area contributed by atoms with Crippen LogP contribution in [-0.2, 0) is 24.1 Å². The molecule has 1 N–H and O–H groups in total. The van der Waals surface area contributed by atoms with Crippen molar-refractivity contribution in [2.45, 2.75) is 33.1 Å². The summed E-state index contributed by atoms with van der Waals surface area (Å²) in [4.78, 5) is 12.2. The van der Waals surface area contributed by atoms with Gasteiger partial charge in [-0.05, 0) is 37.6 Å². The summed E-state index contributed by atoms with van der Waals surface area (Å²) in [7, 11) is 0. The predicted octanol–water partition coefficient (Wildman–Crippen LogP) is 4.06. The lowest BCUT2D eigenvalue weighted by Crippen LogP contribution is -2.20. The van der Waals surface area contributed by atoms with Gasteiger partial charge in [0.2, 0.25) is 5.91 Å². The molecule has 3 rings (SSSR count). The molecule has 148 valence electrons. The predicted molar refractivity (Wildman–Crippen MR) is 98.1 cm³/mol. The first-order valence-electron chi connectivity index (χ1n) is 8.32. The number of carbonyl (C=O) groups excluding carboxylic acids is 1. The zero-order chi connectivity index (χ0) is 20.5. The van der Waals surface area contributed by atoms with Crippen LogP contribution in [0, 0.1) is 13.8 Å². The molecule has 28 heavy (non-hydrogen) atoms. The number of benzene rings is 1. The maximum absolute atomic E-state index is 12.6. The highest BCUT2D eigenvalue weighted by Crippen LogP contribution is 2.27. The first-order chi connectivity index (χ1) is 13.1. The summed E-state index contributed by atoms with van der Waals surface area (Å²) >= 11 is 6.00. The smallest absolute Gasteiger partial charge is 0.321 e. The molecular formula is C18H17ClF3N5O. The second-order valence-electron chi connectivity index (χ2n) is 6.28. The molecule has 6 nitrogen and oxygen atoms in total. The summed E-state index contributed by atoms with van der Waals surface area (Å²) in [6.45, 7) is 3.67. The number of nitrogens with zero attached hydrogens (tertiary/aromatic N) is 4. The SMILES string of the molecule is Cc1nn(Cc2cccc(Cl)c2)c(C)c1NC(=O)Cn1ccc(C(F)(F)F)n1. The van der Waals surface area contributed by atoms with Gasteiger partial charge in [-0.1, -0.05) is 23.7 Å². The van der Waals surface area contributed by atoms with Crippen LogP contribution < -0.4 is 5.32 Å². The third-order valence-electron chi connectivity index (χ3n) is 4.10. The van der Waals surface area contributed by atoms with E-state index in [4.69, 9.17) is 11.6 Å². The summed E-state index contributed by atoms with van der Waals surface area (Å²) in [5.41, 5.74) is 1.76. The van der Waals surface area contributed by atoms with Crippen LogP contribution in [0.15, 0.2) is 36.5 Å². The van der Waals surface area contributed by atoms with Gasteiger partial charge < -0.3 is 5.32 Å². The minimum Gasteiger partial charge on any atom is -0.321 e. The van der Waals surface area contributed by atoms with Crippen molar-refractivity contribution in [1.82, 2.24) is 19.6 Å².